The number of halogens is 2. The molecule has 0 bridgehead atoms. The zero-order chi connectivity index (χ0) is 14.1. The van der Waals surface area contributed by atoms with E-state index in [0.29, 0.717) is 10.7 Å². The van der Waals surface area contributed by atoms with Crippen LogP contribution in [-0.2, 0) is 0 Å². The van der Waals surface area contributed by atoms with Crippen LogP contribution in [0.15, 0.2) is 12.1 Å². The number of nitrogens with zero attached hydrogens (tertiary/aromatic N) is 1. The molecule has 18 heavy (non-hydrogen) atoms. The summed E-state index contributed by atoms with van der Waals surface area (Å²) in [4.78, 5) is 10.5. The summed E-state index contributed by atoms with van der Waals surface area (Å²) in [5.74, 6) is 0. The molecule has 1 rings (SSSR count). The highest BCUT2D eigenvalue weighted by Crippen LogP contribution is 2.35. The van der Waals surface area contributed by atoms with Gasteiger partial charge in [-0.2, -0.15) is 0 Å². The molecule has 0 spiro atoms. The maximum Gasteiger partial charge on any atom is 0.293 e. The van der Waals surface area contributed by atoms with Gasteiger partial charge in [0.1, 0.15) is 5.69 Å². The van der Waals surface area contributed by atoms with E-state index in [4.69, 9.17) is 23.2 Å². The lowest BCUT2D eigenvalue weighted by atomic mass is 9.88. The molecule has 0 heterocycles. The summed E-state index contributed by atoms with van der Waals surface area (Å²) in [6, 6.07) is 2.81. The third-order valence-corrected chi connectivity index (χ3v) is 3.63. The van der Waals surface area contributed by atoms with E-state index in [-0.39, 0.29) is 22.2 Å². The maximum atomic E-state index is 11.0. The summed E-state index contributed by atoms with van der Waals surface area (Å²) in [6.07, 6.45) is 0. The first-order valence-corrected chi connectivity index (χ1v) is 6.28. The van der Waals surface area contributed by atoms with E-state index < -0.39 is 4.92 Å². The molecule has 1 aromatic rings. The smallest absolute Gasteiger partial charge is 0.293 e. The lowest BCUT2D eigenvalue weighted by Gasteiger charge is -2.28. The second-order valence-electron chi connectivity index (χ2n) is 5.27. The third kappa shape index (κ3) is 3.50. The highest BCUT2D eigenvalue weighted by atomic mass is 35.5. The molecular formula is C12H16Cl2N2O2. The summed E-state index contributed by atoms with van der Waals surface area (Å²) in [5.41, 5.74) is 0.289. The minimum absolute atomic E-state index is 0.0278. The Hall–Kier alpha value is -1.00. The molecular weight excluding hydrogens is 275 g/mol. The summed E-state index contributed by atoms with van der Waals surface area (Å²) >= 11 is 11.7. The van der Waals surface area contributed by atoms with Crippen molar-refractivity contribution in [2.45, 2.75) is 33.7 Å². The summed E-state index contributed by atoms with van der Waals surface area (Å²) in [6.45, 7) is 8.11. The highest BCUT2D eigenvalue weighted by Gasteiger charge is 2.24. The monoisotopic (exact) mass is 290 g/mol. The largest absolute Gasteiger partial charge is 0.376 e. The predicted octanol–water partition coefficient (Wildman–Crippen LogP) is 4.75. The molecule has 0 aliphatic rings. The quantitative estimate of drug-likeness (QED) is 0.646. The normalized spacial score (nSPS) is 13.2. The number of anilines is 1. The zero-order valence-corrected chi connectivity index (χ0v) is 12.3. The van der Waals surface area contributed by atoms with Crippen molar-refractivity contribution in [2.75, 3.05) is 5.32 Å². The zero-order valence-electron chi connectivity index (χ0n) is 10.8. The van der Waals surface area contributed by atoms with Crippen molar-refractivity contribution in [1.82, 2.24) is 0 Å². The van der Waals surface area contributed by atoms with Gasteiger partial charge >= 0.3 is 0 Å². The van der Waals surface area contributed by atoms with Gasteiger partial charge in [-0.3, -0.25) is 10.1 Å². The molecule has 100 valence electrons. The van der Waals surface area contributed by atoms with Gasteiger partial charge in [-0.15, -0.1) is 0 Å². The van der Waals surface area contributed by atoms with E-state index in [1.165, 1.54) is 12.1 Å². The van der Waals surface area contributed by atoms with Gasteiger partial charge in [-0.25, -0.2) is 0 Å². The van der Waals surface area contributed by atoms with Gasteiger partial charge in [0.15, 0.2) is 0 Å². The minimum Gasteiger partial charge on any atom is -0.376 e. The van der Waals surface area contributed by atoms with Crippen molar-refractivity contribution in [2.24, 2.45) is 5.41 Å². The average molecular weight is 291 g/mol. The Morgan fingerprint density at radius 1 is 1.28 bits per heavy atom. The van der Waals surface area contributed by atoms with Gasteiger partial charge < -0.3 is 5.32 Å². The molecule has 0 aliphatic carbocycles. The van der Waals surface area contributed by atoms with E-state index in [0.717, 1.165) is 0 Å². The molecule has 0 fully saturated rings. The van der Waals surface area contributed by atoms with Crippen LogP contribution in [0.4, 0.5) is 11.4 Å². The second-order valence-corrected chi connectivity index (χ2v) is 6.09. The van der Waals surface area contributed by atoms with Crippen LogP contribution in [0.5, 0.6) is 0 Å². The fraction of sp³-hybridized carbons (Fsp3) is 0.500. The van der Waals surface area contributed by atoms with Crippen LogP contribution in [0.25, 0.3) is 0 Å². The van der Waals surface area contributed by atoms with Crippen molar-refractivity contribution in [3.05, 3.63) is 32.3 Å². The van der Waals surface area contributed by atoms with Crippen LogP contribution < -0.4 is 5.32 Å². The molecule has 1 unspecified atom stereocenters. The van der Waals surface area contributed by atoms with E-state index in [2.05, 4.69) is 5.32 Å². The maximum absolute atomic E-state index is 11.0. The molecule has 0 amide bonds. The molecule has 4 nitrogen and oxygen atoms in total. The Balaban J connectivity index is 3.15. The first-order valence-electron chi connectivity index (χ1n) is 5.53. The molecule has 1 aromatic carbocycles. The lowest BCUT2D eigenvalue weighted by molar-refractivity contribution is -0.384. The number of hydrogen-bond acceptors (Lipinski definition) is 3. The van der Waals surface area contributed by atoms with Gasteiger partial charge in [0, 0.05) is 12.1 Å². The molecule has 1 atom stereocenters. The Morgan fingerprint density at radius 3 is 2.22 bits per heavy atom. The Bertz CT molecular complexity index is 470. The molecule has 0 saturated carbocycles. The fourth-order valence-corrected chi connectivity index (χ4v) is 1.57. The second kappa shape index (κ2) is 5.33. The van der Waals surface area contributed by atoms with E-state index in [9.17, 15) is 10.1 Å². The lowest BCUT2D eigenvalue weighted by Crippen LogP contribution is -2.31. The van der Waals surface area contributed by atoms with Gasteiger partial charge in [0.2, 0.25) is 0 Å². The molecule has 6 heteroatoms. The number of nitro benzene ring substituents is 1. The van der Waals surface area contributed by atoms with Crippen LogP contribution in [0.2, 0.25) is 10.0 Å². The van der Waals surface area contributed by atoms with E-state index >= 15 is 0 Å². The van der Waals surface area contributed by atoms with Crippen molar-refractivity contribution >= 4 is 34.6 Å². The number of nitro groups is 1. The van der Waals surface area contributed by atoms with Gasteiger partial charge in [-0.05, 0) is 18.4 Å². The van der Waals surface area contributed by atoms with Gasteiger partial charge in [0.25, 0.3) is 5.69 Å². The fourth-order valence-electron chi connectivity index (χ4n) is 1.25. The van der Waals surface area contributed by atoms with Crippen LogP contribution in [0.3, 0.4) is 0 Å². The Labute approximate surface area is 116 Å². The molecule has 0 radical (unpaired) electrons. The minimum atomic E-state index is -0.472. The SMILES string of the molecule is CC(Nc1cc(Cl)c(Cl)cc1[N+](=O)[O-])C(C)(C)C. The Kier molecular flexibility index (Phi) is 4.46. The number of hydrogen-bond donors (Lipinski definition) is 1. The predicted molar refractivity (Wildman–Crippen MR) is 75.7 cm³/mol. The number of rotatable bonds is 3. The van der Waals surface area contributed by atoms with Crippen LogP contribution >= 0.6 is 23.2 Å². The average Bonchev–Trinajstić information content (AvgIpc) is 2.21. The van der Waals surface area contributed by atoms with Crippen LogP contribution in [0.1, 0.15) is 27.7 Å². The standard InChI is InChI=1S/C12H16Cl2N2O2/c1-7(12(2,3)4)15-10-5-8(13)9(14)6-11(10)16(17)18/h5-7,15H,1-4H3. The molecule has 0 aliphatic heterocycles. The summed E-state index contributed by atoms with van der Waals surface area (Å²) < 4.78 is 0. The third-order valence-electron chi connectivity index (χ3n) is 2.91. The number of benzene rings is 1. The van der Waals surface area contributed by atoms with E-state index in [1.807, 2.05) is 27.7 Å². The first kappa shape index (κ1) is 15.1. The van der Waals surface area contributed by atoms with Gasteiger partial charge in [-0.1, -0.05) is 44.0 Å². The van der Waals surface area contributed by atoms with Crippen LogP contribution in [-0.4, -0.2) is 11.0 Å². The topological polar surface area (TPSA) is 55.2 Å². The Morgan fingerprint density at radius 2 is 1.78 bits per heavy atom. The van der Waals surface area contributed by atoms with Crippen molar-refractivity contribution in [1.29, 1.82) is 0 Å². The number of nitrogens with one attached hydrogen (secondary N) is 1. The molecule has 0 saturated heterocycles. The van der Waals surface area contributed by atoms with Crippen LogP contribution in [0, 0.1) is 15.5 Å². The summed E-state index contributed by atoms with van der Waals surface area (Å²) in [5, 5.41) is 14.6. The summed E-state index contributed by atoms with van der Waals surface area (Å²) in [7, 11) is 0. The first-order chi connectivity index (χ1) is 8.12. The van der Waals surface area contributed by atoms with E-state index in [1.54, 1.807) is 0 Å². The highest BCUT2D eigenvalue weighted by molar-refractivity contribution is 6.42. The van der Waals surface area contributed by atoms with Crippen molar-refractivity contribution < 1.29 is 4.92 Å². The van der Waals surface area contributed by atoms with Crippen molar-refractivity contribution in [3.8, 4) is 0 Å². The van der Waals surface area contributed by atoms with Crippen molar-refractivity contribution in [3.63, 3.8) is 0 Å². The molecule has 0 aromatic heterocycles. The van der Waals surface area contributed by atoms with Gasteiger partial charge in [0.05, 0.1) is 15.0 Å². The molecule has 1 N–H and O–H groups in total.